The van der Waals surface area contributed by atoms with Crippen LogP contribution in [0.4, 0.5) is 0 Å². The Labute approximate surface area is 140 Å². The first kappa shape index (κ1) is 16.8. The van der Waals surface area contributed by atoms with Gasteiger partial charge in [0.25, 0.3) is 0 Å². The van der Waals surface area contributed by atoms with Crippen molar-refractivity contribution in [1.29, 1.82) is 0 Å². The third kappa shape index (κ3) is 4.75. The maximum atomic E-state index is 5.97. The summed E-state index contributed by atoms with van der Waals surface area (Å²) in [5.41, 5.74) is 2.43. The van der Waals surface area contributed by atoms with Crippen LogP contribution in [-0.2, 0) is 13.0 Å². The summed E-state index contributed by atoms with van der Waals surface area (Å²) in [4.78, 5) is 0. The quantitative estimate of drug-likeness (QED) is 0.762. The SMILES string of the molecule is CCOc1cc(CNC)cc(Br)c1OCCc1ccccc1. The molecule has 0 aliphatic carbocycles. The molecular formula is C18H22BrNO2. The van der Waals surface area contributed by atoms with Crippen molar-refractivity contribution in [2.24, 2.45) is 0 Å². The first-order valence-corrected chi connectivity index (χ1v) is 8.30. The smallest absolute Gasteiger partial charge is 0.175 e. The van der Waals surface area contributed by atoms with E-state index in [4.69, 9.17) is 9.47 Å². The van der Waals surface area contributed by atoms with Crippen molar-refractivity contribution in [1.82, 2.24) is 5.32 Å². The summed E-state index contributed by atoms with van der Waals surface area (Å²) < 4.78 is 12.6. The van der Waals surface area contributed by atoms with E-state index in [1.54, 1.807) is 0 Å². The molecule has 0 aliphatic heterocycles. The van der Waals surface area contributed by atoms with Crippen molar-refractivity contribution in [3.8, 4) is 11.5 Å². The van der Waals surface area contributed by atoms with Gasteiger partial charge in [-0.1, -0.05) is 30.3 Å². The molecule has 2 aromatic rings. The van der Waals surface area contributed by atoms with E-state index in [9.17, 15) is 0 Å². The Balaban J connectivity index is 2.08. The Hall–Kier alpha value is -1.52. The first-order chi connectivity index (χ1) is 10.7. The van der Waals surface area contributed by atoms with Crippen molar-refractivity contribution in [2.45, 2.75) is 19.9 Å². The summed E-state index contributed by atoms with van der Waals surface area (Å²) in [7, 11) is 1.93. The molecule has 0 spiro atoms. The molecule has 0 amide bonds. The molecule has 118 valence electrons. The Morgan fingerprint density at radius 2 is 1.82 bits per heavy atom. The third-order valence-electron chi connectivity index (χ3n) is 3.23. The van der Waals surface area contributed by atoms with Crippen molar-refractivity contribution in [2.75, 3.05) is 20.3 Å². The second-order valence-corrected chi connectivity index (χ2v) is 5.81. The number of halogens is 1. The van der Waals surface area contributed by atoms with Gasteiger partial charge in [-0.15, -0.1) is 0 Å². The third-order valence-corrected chi connectivity index (χ3v) is 3.82. The molecule has 0 fully saturated rings. The Morgan fingerprint density at radius 3 is 2.50 bits per heavy atom. The fourth-order valence-electron chi connectivity index (χ4n) is 2.25. The summed E-state index contributed by atoms with van der Waals surface area (Å²) in [6, 6.07) is 14.4. The lowest BCUT2D eigenvalue weighted by molar-refractivity contribution is 0.277. The van der Waals surface area contributed by atoms with Crippen LogP contribution in [0, 0.1) is 0 Å². The van der Waals surface area contributed by atoms with E-state index >= 15 is 0 Å². The first-order valence-electron chi connectivity index (χ1n) is 7.51. The van der Waals surface area contributed by atoms with Gasteiger partial charge >= 0.3 is 0 Å². The van der Waals surface area contributed by atoms with E-state index in [-0.39, 0.29) is 0 Å². The van der Waals surface area contributed by atoms with Crippen LogP contribution >= 0.6 is 15.9 Å². The molecule has 0 unspecified atom stereocenters. The molecule has 0 aliphatic rings. The summed E-state index contributed by atoms with van der Waals surface area (Å²) >= 11 is 3.59. The summed E-state index contributed by atoms with van der Waals surface area (Å²) in [5.74, 6) is 1.56. The number of ether oxygens (including phenoxy) is 2. The van der Waals surface area contributed by atoms with Crippen LogP contribution in [-0.4, -0.2) is 20.3 Å². The van der Waals surface area contributed by atoms with Crippen LogP contribution in [0.2, 0.25) is 0 Å². The molecule has 3 nitrogen and oxygen atoms in total. The number of benzene rings is 2. The van der Waals surface area contributed by atoms with E-state index in [0.717, 1.165) is 34.5 Å². The fraction of sp³-hybridized carbons (Fsp3) is 0.333. The molecular weight excluding hydrogens is 342 g/mol. The molecule has 0 radical (unpaired) electrons. The zero-order chi connectivity index (χ0) is 15.8. The Kier molecular flexibility index (Phi) is 6.74. The second-order valence-electron chi connectivity index (χ2n) is 4.95. The highest BCUT2D eigenvalue weighted by atomic mass is 79.9. The Morgan fingerprint density at radius 1 is 1.05 bits per heavy atom. The van der Waals surface area contributed by atoms with Crippen molar-refractivity contribution in [3.63, 3.8) is 0 Å². The lowest BCUT2D eigenvalue weighted by Crippen LogP contribution is -2.08. The minimum atomic E-state index is 0.616. The highest BCUT2D eigenvalue weighted by Gasteiger charge is 2.12. The topological polar surface area (TPSA) is 30.5 Å². The van der Waals surface area contributed by atoms with Gasteiger partial charge in [-0.05, 0) is 53.2 Å². The second kappa shape index (κ2) is 8.81. The number of hydrogen-bond donors (Lipinski definition) is 1. The number of nitrogens with one attached hydrogen (secondary N) is 1. The Bertz CT molecular complexity index is 587. The molecule has 0 bridgehead atoms. The van der Waals surface area contributed by atoms with Crippen molar-refractivity contribution < 1.29 is 9.47 Å². The monoisotopic (exact) mass is 363 g/mol. The molecule has 0 saturated heterocycles. The van der Waals surface area contributed by atoms with Crippen LogP contribution in [0.25, 0.3) is 0 Å². The van der Waals surface area contributed by atoms with Gasteiger partial charge in [-0.3, -0.25) is 0 Å². The molecule has 0 atom stereocenters. The van der Waals surface area contributed by atoms with Crippen LogP contribution in [0.1, 0.15) is 18.1 Å². The minimum Gasteiger partial charge on any atom is -0.490 e. The number of rotatable bonds is 8. The van der Waals surface area contributed by atoms with Crippen LogP contribution < -0.4 is 14.8 Å². The van der Waals surface area contributed by atoms with Gasteiger partial charge < -0.3 is 14.8 Å². The van der Waals surface area contributed by atoms with Crippen LogP contribution in [0.3, 0.4) is 0 Å². The summed E-state index contributed by atoms with van der Waals surface area (Å²) in [5, 5.41) is 3.15. The van der Waals surface area contributed by atoms with Gasteiger partial charge in [0.1, 0.15) is 0 Å². The van der Waals surface area contributed by atoms with Crippen molar-refractivity contribution >= 4 is 15.9 Å². The van der Waals surface area contributed by atoms with Crippen LogP contribution in [0.15, 0.2) is 46.9 Å². The van der Waals surface area contributed by atoms with Crippen LogP contribution in [0.5, 0.6) is 11.5 Å². The largest absolute Gasteiger partial charge is 0.490 e. The fourth-order valence-corrected chi connectivity index (χ4v) is 2.85. The average Bonchev–Trinajstić information content (AvgIpc) is 2.51. The lowest BCUT2D eigenvalue weighted by atomic mass is 10.1. The van der Waals surface area contributed by atoms with Gasteiger partial charge in [0.15, 0.2) is 11.5 Å². The molecule has 0 heterocycles. The average molecular weight is 364 g/mol. The van der Waals surface area contributed by atoms with E-state index in [1.165, 1.54) is 5.56 Å². The molecule has 0 aromatic heterocycles. The zero-order valence-corrected chi connectivity index (χ0v) is 14.7. The molecule has 1 N–H and O–H groups in total. The summed E-state index contributed by atoms with van der Waals surface area (Å²) in [6.45, 7) is 4.01. The lowest BCUT2D eigenvalue weighted by Gasteiger charge is -2.15. The maximum absolute atomic E-state index is 5.97. The molecule has 4 heteroatoms. The molecule has 2 rings (SSSR count). The molecule has 2 aromatic carbocycles. The standard InChI is InChI=1S/C18H22BrNO2/c1-3-21-17-12-15(13-20-2)11-16(19)18(17)22-10-9-14-7-5-4-6-8-14/h4-8,11-12,20H,3,9-10,13H2,1-2H3. The highest BCUT2D eigenvalue weighted by molar-refractivity contribution is 9.10. The summed E-state index contributed by atoms with van der Waals surface area (Å²) in [6.07, 6.45) is 0.872. The normalized spacial score (nSPS) is 10.5. The van der Waals surface area contributed by atoms with E-state index in [0.29, 0.717) is 13.2 Å². The van der Waals surface area contributed by atoms with Gasteiger partial charge in [-0.2, -0.15) is 0 Å². The maximum Gasteiger partial charge on any atom is 0.175 e. The predicted molar refractivity (Wildman–Crippen MR) is 93.7 cm³/mol. The van der Waals surface area contributed by atoms with Gasteiger partial charge in [0.05, 0.1) is 17.7 Å². The number of hydrogen-bond acceptors (Lipinski definition) is 3. The van der Waals surface area contributed by atoms with E-state index in [1.807, 2.05) is 38.2 Å². The minimum absolute atomic E-state index is 0.616. The molecule has 22 heavy (non-hydrogen) atoms. The van der Waals surface area contributed by atoms with Gasteiger partial charge in [0, 0.05) is 13.0 Å². The highest BCUT2D eigenvalue weighted by Crippen LogP contribution is 2.37. The van der Waals surface area contributed by atoms with E-state index < -0.39 is 0 Å². The van der Waals surface area contributed by atoms with Gasteiger partial charge in [-0.25, -0.2) is 0 Å². The van der Waals surface area contributed by atoms with E-state index in [2.05, 4.69) is 39.4 Å². The van der Waals surface area contributed by atoms with Crippen molar-refractivity contribution in [3.05, 3.63) is 58.1 Å². The zero-order valence-electron chi connectivity index (χ0n) is 13.1. The molecule has 0 saturated carbocycles. The van der Waals surface area contributed by atoms with Gasteiger partial charge in [0.2, 0.25) is 0 Å². The predicted octanol–water partition coefficient (Wildman–Crippen LogP) is 4.19.